The average molecular weight is 493 g/mol. The molecule has 1 aromatic rings. The summed E-state index contributed by atoms with van der Waals surface area (Å²) in [4.78, 5) is 39.6. The van der Waals surface area contributed by atoms with Crippen LogP contribution < -0.4 is 4.90 Å². The molecule has 2 saturated heterocycles. The highest BCUT2D eigenvalue weighted by Gasteiger charge is 2.44. The molecule has 0 aromatic carbocycles. The smallest absolute Gasteiger partial charge is 0.229 e. The molecule has 2 aliphatic heterocycles. The number of nitrogens with zero attached hydrogens (tertiary/aromatic N) is 5. The number of carbonyl (C=O) groups is 2. The Labute approximate surface area is 201 Å². The Balaban J connectivity index is 0.00000171. The van der Waals surface area contributed by atoms with E-state index in [1.807, 2.05) is 0 Å². The van der Waals surface area contributed by atoms with Crippen LogP contribution in [0.5, 0.6) is 0 Å². The highest BCUT2D eigenvalue weighted by molar-refractivity contribution is 6.31. The van der Waals surface area contributed by atoms with Crippen molar-refractivity contribution in [2.45, 2.75) is 51.4 Å². The molecule has 174 valence electrons. The van der Waals surface area contributed by atoms with E-state index in [1.165, 1.54) is 4.90 Å². The summed E-state index contributed by atoms with van der Waals surface area (Å²) >= 11 is 6.14. The van der Waals surface area contributed by atoms with Gasteiger partial charge in [-0.25, -0.2) is 9.97 Å². The quantitative estimate of drug-likeness (QED) is 0.446. The maximum Gasteiger partial charge on any atom is 0.229 e. The molecule has 0 bridgehead atoms. The minimum atomic E-state index is -0.00360. The van der Waals surface area contributed by atoms with Gasteiger partial charge in [0.15, 0.2) is 11.0 Å². The fraction of sp³-hybridized carbons (Fsp3) is 0.714. The summed E-state index contributed by atoms with van der Waals surface area (Å²) in [6, 6.07) is 0. The second kappa shape index (κ2) is 11.6. The topological polar surface area (TPSA) is 69.6 Å². The number of hydrogen-bond acceptors (Lipinski definition) is 6. The standard InChI is InChI=1S/C21H30ClN5O2.2ClH/c22-19-20(24-8-7-23-19)26-13-11-25(12-14-26)9-3-4-10-27-17(28)15-21(16-18(27)29)5-1-2-6-21;;/h7-8H,1-6,9-16H2;2*1H. The molecule has 1 aromatic heterocycles. The number of amides is 2. The summed E-state index contributed by atoms with van der Waals surface area (Å²) in [5.74, 6) is 0.867. The van der Waals surface area contributed by atoms with Crippen molar-refractivity contribution in [2.75, 3.05) is 44.2 Å². The van der Waals surface area contributed by atoms with Gasteiger partial charge in [-0.15, -0.1) is 24.8 Å². The van der Waals surface area contributed by atoms with Gasteiger partial charge in [0.05, 0.1) is 0 Å². The zero-order chi connectivity index (χ0) is 20.3. The van der Waals surface area contributed by atoms with Gasteiger partial charge in [-0.3, -0.25) is 19.4 Å². The minimum Gasteiger partial charge on any atom is -0.351 e. The number of unbranched alkanes of at least 4 members (excludes halogenated alkanes) is 1. The molecular weight excluding hydrogens is 461 g/mol. The second-order valence-corrected chi connectivity index (χ2v) is 9.06. The van der Waals surface area contributed by atoms with Crippen LogP contribution in [0.15, 0.2) is 12.4 Å². The monoisotopic (exact) mass is 491 g/mol. The van der Waals surface area contributed by atoms with Crippen LogP contribution in [0.1, 0.15) is 51.4 Å². The first kappa shape index (κ1) is 26.1. The molecule has 0 atom stereocenters. The van der Waals surface area contributed by atoms with Crippen LogP contribution in [-0.2, 0) is 9.59 Å². The third kappa shape index (κ3) is 6.21. The lowest BCUT2D eigenvalue weighted by Crippen LogP contribution is -2.48. The minimum absolute atomic E-state index is 0. The number of halogens is 3. The predicted octanol–water partition coefficient (Wildman–Crippen LogP) is 3.59. The molecule has 1 aliphatic carbocycles. The number of anilines is 1. The van der Waals surface area contributed by atoms with E-state index in [0.29, 0.717) is 24.5 Å². The van der Waals surface area contributed by atoms with Crippen molar-refractivity contribution in [3.63, 3.8) is 0 Å². The average Bonchev–Trinajstić information content (AvgIpc) is 3.15. The fourth-order valence-corrected chi connectivity index (χ4v) is 5.30. The van der Waals surface area contributed by atoms with Crippen molar-refractivity contribution in [3.8, 4) is 0 Å². The molecule has 1 spiro atoms. The van der Waals surface area contributed by atoms with Gasteiger partial charge in [0.25, 0.3) is 0 Å². The normalized spacial score (nSPS) is 21.2. The molecule has 1 saturated carbocycles. The molecular formula is C21H32Cl3N5O2. The van der Waals surface area contributed by atoms with Crippen LogP contribution in [0, 0.1) is 5.41 Å². The Kier molecular flexibility index (Phi) is 9.80. The first-order valence-electron chi connectivity index (χ1n) is 10.8. The summed E-state index contributed by atoms with van der Waals surface area (Å²) in [6.07, 6.45) is 10.7. The third-order valence-corrected chi connectivity index (χ3v) is 7.00. The van der Waals surface area contributed by atoms with Crippen molar-refractivity contribution in [1.29, 1.82) is 0 Å². The lowest BCUT2D eigenvalue weighted by Gasteiger charge is -2.37. The summed E-state index contributed by atoms with van der Waals surface area (Å²) in [6.45, 7) is 5.23. The van der Waals surface area contributed by atoms with E-state index in [-0.39, 0.29) is 42.0 Å². The van der Waals surface area contributed by atoms with E-state index in [1.54, 1.807) is 12.4 Å². The summed E-state index contributed by atoms with van der Waals surface area (Å²) in [7, 11) is 0. The van der Waals surface area contributed by atoms with E-state index >= 15 is 0 Å². The third-order valence-electron chi connectivity index (χ3n) is 6.73. The molecule has 10 heteroatoms. The summed E-state index contributed by atoms with van der Waals surface area (Å²) < 4.78 is 0. The summed E-state index contributed by atoms with van der Waals surface area (Å²) in [5, 5.41) is 0.455. The van der Waals surface area contributed by atoms with Crippen molar-refractivity contribution >= 4 is 54.0 Å². The predicted molar refractivity (Wildman–Crippen MR) is 126 cm³/mol. The SMILES string of the molecule is Cl.Cl.O=C1CC2(CCCC2)CC(=O)N1CCCCN1CCN(c2nccnc2Cl)CC1. The Bertz CT molecular complexity index is 732. The molecule has 31 heavy (non-hydrogen) atoms. The van der Waals surface area contributed by atoms with Gasteiger partial charge in [0.2, 0.25) is 11.8 Å². The maximum absolute atomic E-state index is 12.5. The van der Waals surface area contributed by atoms with Gasteiger partial charge < -0.3 is 4.90 Å². The van der Waals surface area contributed by atoms with Crippen LogP contribution in [0.4, 0.5) is 5.82 Å². The van der Waals surface area contributed by atoms with Crippen LogP contribution in [0.3, 0.4) is 0 Å². The van der Waals surface area contributed by atoms with Crippen molar-refractivity contribution in [2.24, 2.45) is 5.41 Å². The van der Waals surface area contributed by atoms with Crippen molar-refractivity contribution in [1.82, 2.24) is 19.8 Å². The van der Waals surface area contributed by atoms with Crippen LogP contribution in [0.2, 0.25) is 5.15 Å². The highest BCUT2D eigenvalue weighted by atomic mass is 35.5. The Morgan fingerprint density at radius 3 is 2.06 bits per heavy atom. The van der Waals surface area contributed by atoms with Gasteiger partial charge in [-0.05, 0) is 37.6 Å². The van der Waals surface area contributed by atoms with Gasteiger partial charge in [0.1, 0.15) is 0 Å². The largest absolute Gasteiger partial charge is 0.351 e. The molecule has 0 unspecified atom stereocenters. The fourth-order valence-electron chi connectivity index (χ4n) is 5.08. The maximum atomic E-state index is 12.5. The first-order valence-corrected chi connectivity index (χ1v) is 11.2. The Hall–Kier alpha value is -1.15. The van der Waals surface area contributed by atoms with E-state index in [0.717, 1.165) is 77.1 Å². The zero-order valence-corrected chi connectivity index (χ0v) is 20.2. The second-order valence-electron chi connectivity index (χ2n) is 8.71. The van der Waals surface area contributed by atoms with Crippen LogP contribution >= 0.6 is 36.4 Å². The number of piperidine rings is 1. The van der Waals surface area contributed by atoms with Crippen LogP contribution in [0.25, 0.3) is 0 Å². The molecule has 3 heterocycles. The Morgan fingerprint density at radius 2 is 1.45 bits per heavy atom. The highest BCUT2D eigenvalue weighted by Crippen LogP contribution is 2.46. The van der Waals surface area contributed by atoms with Gasteiger partial charge >= 0.3 is 0 Å². The van der Waals surface area contributed by atoms with Gasteiger partial charge in [-0.1, -0.05) is 24.4 Å². The molecule has 3 fully saturated rings. The number of imide groups is 1. The number of piperazine rings is 1. The lowest BCUT2D eigenvalue weighted by atomic mass is 9.76. The van der Waals surface area contributed by atoms with E-state index in [9.17, 15) is 9.59 Å². The zero-order valence-electron chi connectivity index (χ0n) is 17.8. The molecule has 4 rings (SSSR count). The van der Waals surface area contributed by atoms with Crippen molar-refractivity contribution in [3.05, 3.63) is 17.5 Å². The van der Waals surface area contributed by atoms with Gasteiger partial charge in [0, 0.05) is 58.0 Å². The van der Waals surface area contributed by atoms with Gasteiger partial charge in [-0.2, -0.15) is 0 Å². The number of hydrogen-bond donors (Lipinski definition) is 0. The number of carbonyl (C=O) groups excluding carboxylic acids is 2. The number of aromatic nitrogens is 2. The Morgan fingerprint density at radius 1 is 0.871 bits per heavy atom. The molecule has 0 radical (unpaired) electrons. The number of likely N-dealkylation sites (tertiary alicyclic amines) is 1. The van der Waals surface area contributed by atoms with E-state index in [4.69, 9.17) is 11.6 Å². The van der Waals surface area contributed by atoms with Crippen molar-refractivity contribution < 1.29 is 9.59 Å². The molecule has 3 aliphatic rings. The summed E-state index contributed by atoms with van der Waals surface area (Å²) in [5.41, 5.74) is -0.00360. The molecule has 2 amide bonds. The molecule has 7 nitrogen and oxygen atoms in total. The van der Waals surface area contributed by atoms with E-state index in [2.05, 4.69) is 19.8 Å². The lowest BCUT2D eigenvalue weighted by molar-refractivity contribution is -0.153. The first-order chi connectivity index (χ1) is 14.1. The molecule has 0 N–H and O–H groups in total. The number of rotatable bonds is 6. The van der Waals surface area contributed by atoms with E-state index < -0.39 is 0 Å². The van der Waals surface area contributed by atoms with Crippen LogP contribution in [-0.4, -0.2) is 70.9 Å².